The van der Waals surface area contributed by atoms with Crippen LogP contribution in [0, 0.1) is 11.8 Å². The predicted octanol–water partition coefficient (Wildman–Crippen LogP) is 4.01. The van der Waals surface area contributed by atoms with Crippen molar-refractivity contribution in [2.24, 2.45) is 0 Å². The van der Waals surface area contributed by atoms with Crippen molar-refractivity contribution >= 4 is 11.3 Å². The number of hydrogen-bond acceptors (Lipinski definition) is 4. The molecule has 1 aromatic heterocycles. The molecule has 1 aliphatic rings. The number of thiophene rings is 1. The molecular weight excluding hydrogens is 364 g/mol. The first-order valence-corrected chi connectivity index (χ1v) is 11.0. The van der Waals surface area contributed by atoms with Crippen molar-refractivity contribution in [3.63, 3.8) is 0 Å². The summed E-state index contributed by atoms with van der Waals surface area (Å²) in [5.41, 5.74) is 0.481. The maximum atomic E-state index is 9.76. The molecule has 1 atom stereocenters. The van der Waals surface area contributed by atoms with Crippen molar-refractivity contribution in [1.82, 2.24) is 9.80 Å². The van der Waals surface area contributed by atoms with Gasteiger partial charge in [-0.15, -0.1) is 11.3 Å². The smallest absolute Gasteiger partial charge is 0.120 e. The second-order valence-electron chi connectivity index (χ2n) is 8.32. The van der Waals surface area contributed by atoms with Crippen LogP contribution >= 0.6 is 11.3 Å². The van der Waals surface area contributed by atoms with Gasteiger partial charge in [0, 0.05) is 30.6 Å². The average molecular weight is 397 g/mol. The quantitative estimate of drug-likeness (QED) is 0.748. The Kier molecular flexibility index (Phi) is 7.31. The normalized spacial score (nSPS) is 18.1. The van der Waals surface area contributed by atoms with Crippen molar-refractivity contribution in [3.05, 3.63) is 57.8 Å². The van der Waals surface area contributed by atoms with Gasteiger partial charge in [0.05, 0.1) is 4.88 Å². The number of likely N-dealkylation sites (tertiary alicyclic amines) is 1. The van der Waals surface area contributed by atoms with Gasteiger partial charge < -0.3 is 10.0 Å². The molecule has 2 heterocycles. The van der Waals surface area contributed by atoms with Gasteiger partial charge in [-0.2, -0.15) is 0 Å². The summed E-state index contributed by atoms with van der Waals surface area (Å²) < 4.78 is 0. The van der Waals surface area contributed by atoms with E-state index < -0.39 is 5.60 Å². The zero-order chi connectivity index (χ0) is 20.0. The van der Waals surface area contributed by atoms with Crippen molar-refractivity contribution in [2.45, 2.75) is 51.3 Å². The van der Waals surface area contributed by atoms with E-state index in [1.807, 2.05) is 0 Å². The van der Waals surface area contributed by atoms with Crippen molar-refractivity contribution < 1.29 is 5.11 Å². The van der Waals surface area contributed by atoms with E-state index in [4.69, 9.17) is 0 Å². The first-order chi connectivity index (χ1) is 13.4. The molecule has 4 heteroatoms. The highest BCUT2D eigenvalue weighted by atomic mass is 32.1. The number of hydrogen-bond donors (Lipinski definition) is 1. The van der Waals surface area contributed by atoms with Crippen LogP contribution in [0.4, 0.5) is 0 Å². The maximum absolute atomic E-state index is 9.76. The second kappa shape index (κ2) is 9.71. The van der Waals surface area contributed by atoms with E-state index in [-0.39, 0.29) is 0 Å². The molecule has 150 valence electrons. The number of piperidine rings is 1. The molecule has 0 bridgehead atoms. The summed E-state index contributed by atoms with van der Waals surface area (Å²) in [5.74, 6) is 5.99. The summed E-state index contributed by atoms with van der Waals surface area (Å²) >= 11 is 1.74. The summed E-state index contributed by atoms with van der Waals surface area (Å²) in [6, 6.07) is 15.7. The van der Waals surface area contributed by atoms with Gasteiger partial charge in [0.25, 0.3) is 0 Å². The summed E-state index contributed by atoms with van der Waals surface area (Å²) in [4.78, 5) is 7.50. The van der Waals surface area contributed by atoms with Gasteiger partial charge in [0.15, 0.2) is 0 Å². The highest BCUT2D eigenvalue weighted by Gasteiger charge is 2.23. The molecule has 0 spiro atoms. The fourth-order valence-corrected chi connectivity index (χ4v) is 4.54. The van der Waals surface area contributed by atoms with Crippen molar-refractivity contribution in [3.8, 4) is 11.8 Å². The van der Waals surface area contributed by atoms with E-state index >= 15 is 0 Å². The van der Waals surface area contributed by atoms with Crippen molar-refractivity contribution in [1.29, 1.82) is 0 Å². The highest BCUT2D eigenvalue weighted by Crippen LogP contribution is 2.22. The van der Waals surface area contributed by atoms with Crippen LogP contribution in [0.5, 0.6) is 0 Å². The lowest BCUT2D eigenvalue weighted by atomic mass is 10.0. The van der Waals surface area contributed by atoms with Crippen LogP contribution in [0.25, 0.3) is 0 Å². The Morgan fingerprint density at radius 2 is 2.00 bits per heavy atom. The van der Waals surface area contributed by atoms with Crippen LogP contribution in [0.15, 0.2) is 42.5 Å². The van der Waals surface area contributed by atoms with E-state index in [1.165, 1.54) is 29.8 Å². The van der Waals surface area contributed by atoms with E-state index in [2.05, 4.69) is 71.2 Å². The SMILES string of the molecule is CN(CCc1ccccc1)[C@@H]1CCCN(Cc2ccc(C#CC(C)(C)O)s2)C1. The number of aliphatic hydroxyl groups is 1. The number of benzene rings is 1. The first-order valence-electron chi connectivity index (χ1n) is 10.2. The monoisotopic (exact) mass is 396 g/mol. The third kappa shape index (κ3) is 6.76. The Balaban J connectivity index is 1.50. The Bertz CT molecular complexity index is 797. The number of nitrogens with zero attached hydrogens (tertiary/aromatic N) is 2. The third-order valence-corrected chi connectivity index (χ3v) is 6.22. The Morgan fingerprint density at radius 3 is 2.75 bits per heavy atom. The van der Waals surface area contributed by atoms with Gasteiger partial charge in [-0.25, -0.2) is 0 Å². The minimum absolute atomic E-state index is 0.631. The zero-order valence-electron chi connectivity index (χ0n) is 17.3. The van der Waals surface area contributed by atoms with Gasteiger partial charge >= 0.3 is 0 Å². The molecule has 1 aromatic carbocycles. The Labute approximate surface area is 174 Å². The predicted molar refractivity (Wildman–Crippen MR) is 119 cm³/mol. The molecular formula is C24H32N2OS. The molecule has 28 heavy (non-hydrogen) atoms. The van der Waals surface area contributed by atoms with Crippen LogP contribution in [0.3, 0.4) is 0 Å². The topological polar surface area (TPSA) is 26.7 Å². The molecule has 0 aliphatic carbocycles. The second-order valence-corrected chi connectivity index (χ2v) is 9.49. The molecule has 1 fully saturated rings. The van der Waals surface area contributed by atoms with Gasteiger partial charge in [-0.3, -0.25) is 4.90 Å². The van der Waals surface area contributed by atoms with Gasteiger partial charge in [-0.1, -0.05) is 42.2 Å². The average Bonchev–Trinajstić information content (AvgIpc) is 3.12. The molecule has 0 unspecified atom stereocenters. The standard InChI is InChI=1S/C24H32N2OS/c1-24(2,27)15-13-22-11-12-23(28-22)19-26-16-7-10-21(18-26)25(3)17-14-20-8-5-4-6-9-20/h4-6,8-9,11-12,21,27H,7,10,14,16-19H2,1-3H3/t21-/m1/s1. The van der Waals surface area contributed by atoms with Crippen LogP contribution in [-0.4, -0.2) is 53.2 Å². The fraction of sp³-hybridized carbons (Fsp3) is 0.500. The zero-order valence-corrected chi connectivity index (χ0v) is 18.1. The Hall–Kier alpha value is -1.64. The summed E-state index contributed by atoms with van der Waals surface area (Å²) in [6.07, 6.45) is 3.66. The van der Waals surface area contributed by atoms with Gasteiger partial charge in [0.2, 0.25) is 0 Å². The van der Waals surface area contributed by atoms with Gasteiger partial charge in [0.1, 0.15) is 5.60 Å². The molecule has 1 saturated heterocycles. The molecule has 1 aliphatic heterocycles. The lowest BCUT2D eigenvalue weighted by Gasteiger charge is -2.37. The van der Waals surface area contributed by atoms with Crippen LogP contribution in [0.1, 0.15) is 42.0 Å². The largest absolute Gasteiger partial charge is 0.378 e. The minimum Gasteiger partial charge on any atom is -0.378 e. The molecule has 1 N–H and O–H groups in total. The molecule has 0 radical (unpaired) electrons. The third-order valence-electron chi connectivity index (χ3n) is 5.23. The summed E-state index contributed by atoms with van der Waals surface area (Å²) in [5, 5.41) is 9.76. The van der Waals surface area contributed by atoms with E-state index in [0.717, 1.165) is 30.9 Å². The van der Waals surface area contributed by atoms with Crippen LogP contribution in [0.2, 0.25) is 0 Å². The maximum Gasteiger partial charge on any atom is 0.120 e. The Morgan fingerprint density at radius 1 is 1.21 bits per heavy atom. The van der Waals surface area contributed by atoms with Gasteiger partial charge in [-0.05, 0) is 64.4 Å². The molecule has 0 saturated carbocycles. The van der Waals surface area contributed by atoms with E-state index in [0.29, 0.717) is 6.04 Å². The molecule has 2 aromatic rings. The summed E-state index contributed by atoms with van der Waals surface area (Å²) in [6.45, 7) is 7.85. The van der Waals surface area contributed by atoms with E-state index in [9.17, 15) is 5.11 Å². The summed E-state index contributed by atoms with van der Waals surface area (Å²) in [7, 11) is 2.27. The first kappa shape index (κ1) is 21.1. The number of likely N-dealkylation sites (N-methyl/N-ethyl adjacent to an activating group) is 1. The highest BCUT2D eigenvalue weighted by molar-refractivity contribution is 7.12. The fourth-order valence-electron chi connectivity index (χ4n) is 3.63. The van der Waals surface area contributed by atoms with Crippen LogP contribution < -0.4 is 0 Å². The van der Waals surface area contributed by atoms with E-state index in [1.54, 1.807) is 25.2 Å². The molecule has 0 amide bonds. The molecule has 3 rings (SSSR count). The number of rotatable bonds is 6. The van der Waals surface area contributed by atoms with Crippen LogP contribution in [-0.2, 0) is 13.0 Å². The van der Waals surface area contributed by atoms with Crippen molar-refractivity contribution in [2.75, 3.05) is 26.7 Å². The minimum atomic E-state index is -0.936. The lowest BCUT2D eigenvalue weighted by molar-refractivity contribution is 0.113. The lowest BCUT2D eigenvalue weighted by Crippen LogP contribution is -2.46. The molecule has 3 nitrogen and oxygen atoms in total.